The maximum atomic E-state index is 12.4. The third-order valence-electron chi connectivity index (χ3n) is 3.98. The van der Waals surface area contributed by atoms with Gasteiger partial charge in [0.25, 0.3) is 5.91 Å². The molecule has 3 amide bonds. The molecule has 3 rings (SSSR count). The summed E-state index contributed by atoms with van der Waals surface area (Å²) in [4.78, 5) is 24.2. The number of hydroxylamine groups is 2. The second-order valence-corrected chi connectivity index (χ2v) is 6.95. The smallest absolute Gasteiger partial charge is 0.332 e. The van der Waals surface area contributed by atoms with E-state index in [4.69, 9.17) is 4.28 Å². The molecule has 1 heterocycles. The summed E-state index contributed by atoms with van der Waals surface area (Å²) in [5.74, 6) is -1.01. The number of benzene rings is 1. The molecule has 1 aromatic rings. The van der Waals surface area contributed by atoms with Gasteiger partial charge in [-0.3, -0.25) is 4.79 Å². The number of carbonyl (C=O) groups is 2. The lowest BCUT2D eigenvalue weighted by molar-refractivity contribution is -0.157. The van der Waals surface area contributed by atoms with E-state index in [1.807, 2.05) is 0 Å². The molecule has 1 N–H and O–H groups in total. The second kappa shape index (κ2) is 5.69. The van der Waals surface area contributed by atoms with Crippen molar-refractivity contribution in [3.8, 4) is 0 Å². The third kappa shape index (κ3) is 2.71. The zero-order valence-corrected chi connectivity index (χ0v) is 12.6. The molecule has 2 fully saturated rings. The first-order valence-electron chi connectivity index (χ1n) is 7.13. The van der Waals surface area contributed by atoms with Crippen LogP contribution in [0.25, 0.3) is 0 Å². The lowest BCUT2D eigenvalue weighted by Gasteiger charge is -2.38. The summed E-state index contributed by atoms with van der Waals surface area (Å²) in [6.07, 6.45) is 3.16. The summed E-state index contributed by atoms with van der Waals surface area (Å²) in [6.45, 7) is 0. The number of amides is 3. The molecule has 118 valence electrons. The van der Waals surface area contributed by atoms with Crippen molar-refractivity contribution in [1.29, 1.82) is 0 Å². The molecule has 0 unspecified atom stereocenters. The highest BCUT2D eigenvalue weighted by molar-refractivity contribution is 7.86. The second-order valence-electron chi connectivity index (χ2n) is 5.42. The number of imide groups is 1. The summed E-state index contributed by atoms with van der Waals surface area (Å²) in [7, 11) is -4.22. The monoisotopic (exact) mass is 324 g/mol. The number of urea groups is 1. The Balaban J connectivity index is 1.82. The lowest BCUT2D eigenvalue weighted by Crippen LogP contribution is -2.60. The van der Waals surface area contributed by atoms with Gasteiger partial charge in [0.1, 0.15) is 0 Å². The number of rotatable bonds is 3. The predicted molar refractivity (Wildman–Crippen MR) is 75.8 cm³/mol. The molecule has 2 aliphatic rings. The zero-order chi connectivity index (χ0) is 15.7. The highest BCUT2D eigenvalue weighted by Crippen LogP contribution is 2.30. The van der Waals surface area contributed by atoms with Crippen LogP contribution in [0, 0.1) is 5.92 Å². The van der Waals surface area contributed by atoms with E-state index in [0.717, 1.165) is 19.3 Å². The van der Waals surface area contributed by atoms with Crippen LogP contribution in [-0.4, -0.2) is 31.5 Å². The Hall–Kier alpha value is -1.93. The van der Waals surface area contributed by atoms with Crippen molar-refractivity contribution in [3.05, 3.63) is 30.3 Å². The van der Waals surface area contributed by atoms with E-state index in [1.165, 1.54) is 24.3 Å². The van der Waals surface area contributed by atoms with Crippen LogP contribution in [0.5, 0.6) is 0 Å². The van der Waals surface area contributed by atoms with E-state index in [9.17, 15) is 18.0 Å². The minimum Gasteiger partial charge on any atom is -0.332 e. The number of hydrogen-bond donors (Lipinski definition) is 1. The molecular formula is C14H16N2O5S. The minimum absolute atomic E-state index is 0.110. The van der Waals surface area contributed by atoms with Crippen LogP contribution in [0.15, 0.2) is 35.2 Å². The van der Waals surface area contributed by atoms with E-state index in [-0.39, 0.29) is 10.9 Å². The maximum Gasteiger partial charge on any atom is 0.350 e. The summed E-state index contributed by atoms with van der Waals surface area (Å²) >= 11 is 0. The molecule has 0 aromatic heterocycles. The van der Waals surface area contributed by atoms with Crippen molar-refractivity contribution in [3.63, 3.8) is 0 Å². The molecule has 2 atom stereocenters. The van der Waals surface area contributed by atoms with E-state index in [0.29, 0.717) is 11.5 Å². The van der Waals surface area contributed by atoms with Crippen LogP contribution in [0.2, 0.25) is 0 Å². The Morgan fingerprint density at radius 1 is 1.09 bits per heavy atom. The topological polar surface area (TPSA) is 92.8 Å². The van der Waals surface area contributed by atoms with Crippen molar-refractivity contribution in [1.82, 2.24) is 10.4 Å². The first-order valence-corrected chi connectivity index (χ1v) is 8.54. The Morgan fingerprint density at radius 3 is 2.50 bits per heavy atom. The van der Waals surface area contributed by atoms with Gasteiger partial charge in [-0.15, -0.1) is 9.35 Å². The normalized spacial score (nSPS) is 25.5. The highest BCUT2D eigenvalue weighted by Gasteiger charge is 2.44. The van der Waals surface area contributed by atoms with Gasteiger partial charge in [0.2, 0.25) is 0 Å². The van der Waals surface area contributed by atoms with Gasteiger partial charge in [0.15, 0.2) is 0 Å². The Morgan fingerprint density at radius 2 is 1.77 bits per heavy atom. The van der Waals surface area contributed by atoms with E-state index >= 15 is 0 Å². The van der Waals surface area contributed by atoms with Crippen LogP contribution in [0.3, 0.4) is 0 Å². The van der Waals surface area contributed by atoms with Crippen molar-refractivity contribution < 1.29 is 22.3 Å². The fourth-order valence-electron chi connectivity index (χ4n) is 2.87. The van der Waals surface area contributed by atoms with Gasteiger partial charge in [-0.1, -0.05) is 31.0 Å². The first-order chi connectivity index (χ1) is 10.5. The fraction of sp³-hybridized carbons (Fsp3) is 0.429. The van der Waals surface area contributed by atoms with E-state index in [2.05, 4.69) is 5.32 Å². The Bertz CT molecular complexity index is 688. The van der Waals surface area contributed by atoms with Crippen LogP contribution in [0.4, 0.5) is 4.79 Å². The van der Waals surface area contributed by atoms with Crippen molar-refractivity contribution >= 4 is 22.1 Å². The first kappa shape index (κ1) is 15.0. The van der Waals surface area contributed by atoms with Crippen molar-refractivity contribution in [2.75, 3.05) is 0 Å². The Labute approximate surface area is 128 Å². The maximum absolute atomic E-state index is 12.4. The quantitative estimate of drug-likeness (QED) is 0.907. The van der Waals surface area contributed by atoms with Crippen LogP contribution in [0.1, 0.15) is 25.7 Å². The highest BCUT2D eigenvalue weighted by atomic mass is 32.2. The SMILES string of the molecule is O=C1N[C@H]2CCCC[C@H]2C(=O)N1OS(=O)(=O)c1ccccc1. The van der Waals surface area contributed by atoms with Crippen LogP contribution < -0.4 is 5.32 Å². The van der Waals surface area contributed by atoms with Gasteiger partial charge in [0, 0.05) is 6.04 Å². The van der Waals surface area contributed by atoms with Crippen LogP contribution >= 0.6 is 0 Å². The van der Waals surface area contributed by atoms with Crippen molar-refractivity contribution in [2.24, 2.45) is 5.92 Å². The zero-order valence-electron chi connectivity index (χ0n) is 11.8. The number of nitrogens with one attached hydrogen (secondary N) is 1. The molecule has 1 aliphatic carbocycles. The molecule has 1 aliphatic heterocycles. The summed E-state index contributed by atoms with van der Waals surface area (Å²) in [5.41, 5.74) is 0. The summed E-state index contributed by atoms with van der Waals surface area (Å²) in [5, 5.41) is 2.99. The van der Waals surface area contributed by atoms with Gasteiger partial charge in [-0.25, -0.2) is 4.79 Å². The molecule has 22 heavy (non-hydrogen) atoms. The molecule has 0 bridgehead atoms. The minimum atomic E-state index is -4.22. The summed E-state index contributed by atoms with van der Waals surface area (Å²) < 4.78 is 29.1. The number of fused-ring (bicyclic) bond motifs is 1. The summed E-state index contributed by atoms with van der Waals surface area (Å²) in [6, 6.07) is 6.35. The molecular weight excluding hydrogens is 308 g/mol. The molecule has 1 saturated heterocycles. The van der Waals surface area contributed by atoms with E-state index in [1.54, 1.807) is 6.07 Å². The van der Waals surface area contributed by atoms with Crippen molar-refractivity contribution in [2.45, 2.75) is 36.6 Å². The average molecular weight is 324 g/mol. The third-order valence-corrected chi connectivity index (χ3v) is 5.18. The van der Waals surface area contributed by atoms with Gasteiger partial charge in [0.05, 0.1) is 10.8 Å². The Kier molecular flexibility index (Phi) is 3.88. The largest absolute Gasteiger partial charge is 0.350 e. The molecule has 1 aromatic carbocycles. The number of hydrogen-bond acceptors (Lipinski definition) is 5. The molecule has 1 saturated carbocycles. The standard InChI is InChI=1S/C14H16N2O5S/c17-13-11-8-4-5-9-12(11)15-14(18)16(13)21-22(19,20)10-6-2-1-3-7-10/h1-3,6-7,11-12H,4-5,8-9H2,(H,15,18)/t11-,12+/m1/s1. The van der Waals surface area contributed by atoms with E-state index < -0.39 is 28.0 Å². The van der Waals surface area contributed by atoms with Gasteiger partial charge in [-0.05, 0) is 25.0 Å². The molecule has 8 heteroatoms. The van der Waals surface area contributed by atoms with Gasteiger partial charge < -0.3 is 5.32 Å². The fourth-order valence-corrected chi connectivity index (χ4v) is 3.78. The number of carbonyl (C=O) groups excluding carboxylic acids is 2. The predicted octanol–water partition coefficient (Wildman–Crippen LogP) is 1.42. The average Bonchev–Trinajstić information content (AvgIpc) is 2.52. The van der Waals surface area contributed by atoms with Gasteiger partial charge in [-0.2, -0.15) is 8.42 Å². The molecule has 0 radical (unpaired) electrons. The van der Waals surface area contributed by atoms with Gasteiger partial charge >= 0.3 is 16.1 Å². The molecule has 7 nitrogen and oxygen atoms in total. The number of nitrogens with zero attached hydrogens (tertiary/aromatic N) is 1. The van der Waals surface area contributed by atoms with Crippen LogP contribution in [-0.2, 0) is 19.2 Å². The lowest BCUT2D eigenvalue weighted by atomic mass is 9.83. The molecule has 0 spiro atoms.